The van der Waals surface area contributed by atoms with Crippen molar-refractivity contribution in [2.45, 2.75) is 13.5 Å². The van der Waals surface area contributed by atoms with Crippen molar-refractivity contribution in [2.24, 2.45) is 0 Å². The summed E-state index contributed by atoms with van der Waals surface area (Å²) >= 11 is 3.05. The zero-order valence-electron chi connectivity index (χ0n) is 10.9. The van der Waals surface area contributed by atoms with Gasteiger partial charge in [-0.2, -0.15) is 8.78 Å². The average molecular weight is 361 g/mol. The third-order valence-corrected chi connectivity index (χ3v) is 3.05. The summed E-state index contributed by atoms with van der Waals surface area (Å²) in [6, 6.07) is 4.33. The summed E-state index contributed by atoms with van der Waals surface area (Å²) < 4.78 is 34.6. The van der Waals surface area contributed by atoms with Crippen molar-refractivity contribution in [3.8, 4) is 22.9 Å². The molecular formula is C13H11BrF2N2O3. The van der Waals surface area contributed by atoms with E-state index in [9.17, 15) is 13.6 Å². The molecule has 0 fully saturated rings. The van der Waals surface area contributed by atoms with Gasteiger partial charge in [-0.1, -0.05) is 0 Å². The van der Waals surface area contributed by atoms with Crippen LogP contribution in [0.2, 0.25) is 0 Å². The van der Waals surface area contributed by atoms with Crippen molar-refractivity contribution < 1.29 is 18.3 Å². The third-order valence-electron chi connectivity index (χ3n) is 2.49. The molecule has 2 aromatic rings. The molecule has 1 aromatic carbocycles. The molecule has 112 valence electrons. The van der Waals surface area contributed by atoms with E-state index >= 15 is 0 Å². The highest BCUT2D eigenvalue weighted by Crippen LogP contribution is 2.32. The Hall–Kier alpha value is -1.96. The second-order valence-electron chi connectivity index (χ2n) is 3.88. The van der Waals surface area contributed by atoms with Gasteiger partial charge in [0.1, 0.15) is 10.3 Å². The van der Waals surface area contributed by atoms with E-state index in [1.165, 1.54) is 24.4 Å². The van der Waals surface area contributed by atoms with Gasteiger partial charge in [-0.3, -0.25) is 4.79 Å². The zero-order valence-corrected chi connectivity index (χ0v) is 12.5. The lowest BCUT2D eigenvalue weighted by atomic mass is 10.2. The molecule has 0 aliphatic carbocycles. The summed E-state index contributed by atoms with van der Waals surface area (Å²) in [4.78, 5) is 18.2. The molecule has 0 spiro atoms. The van der Waals surface area contributed by atoms with E-state index in [4.69, 9.17) is 4.74 Å². The van der Waals surface area contributed by atoms with Gasteiger partial charge >= 0.3 is 6.61 Å². The maximum atomic E-state index is 12.3. The summed E-state index contributed by atoms with van der Waals surface area (Å²) in [5.74, 6) is 0.378. The number of benzene rings is 1. The van der Waals surface area contributed by atoms with E-state index in [1.807, 2.05) is 0 Å². The number of nitrogens with zero attached hydrogens (tertiary/aromatic N) is 1. The lowest BCUT2D eigenvalue weighted by Gasteiger charge is -2.12. The number of aromatic nitrogens is 2. The van der Waals surface area contributed by atoms with Crippen molar-refractivity contribution in [3.63, 3.8) is 0 Å². The number of halogens is 3. The number of alkyl halides is 2. The van der Waals surface area contributed by atoms with Crippen molar-refractivity contribution in [2.75, 3.05) is 6.61 Å². The molecule has 0 amide bonds. The predicted octanol–water partition coefficient (Wildman–Crippen LogP) is 3.20. The monoisotopic (exact) mass is 360 g/mol. The standard InChI is InChI=1S/C13H11BrF2N2O3/c1-2-20-10-5-7(3-4-9(10)21-13(15)16)11-17-6-8(14)12(19)18-11/h3-6,13H,2H2,1H3,(H,17,18,19). The molecular weight excluding hydrogens is 350 g/mol. The molecule has 5 nitrogen and oxygen atoms in total. The van der Waals surface area contributed by atoms with E-state index in [1.54, 1.807) is 6.92 Å². The van der Waals surface area contributed by atoms with Gasteiger partial charge in [0.25, 0.3) is 5.56 Å². The normalized spacial score (nSPS) is 10.7. The number of hydrogen-bond donors (Lipinski definition) is 1. The van der Waals surface area contributed by atoms with E-state index in [0.717, 1.165) is 0 Å². The molecule has 0 aliphatic rings. The number of nitrogens with one attached hydrogen (secondary N) is 1. The van der Waals surface area contributed by atoms with E-state index in [-0.39, 0.29) is 23.7 Å². The third kappa shape index (κ3) is 3.78. The number of hydrogen-bond acceptors (Lipinski definition) is 4. The Balaban J connectivity index is 2.43. The molecule has 1 N–H and O–H groups in total. The van der Waals surface area contributed by atoms with Crippen LogP contribution in [0.15, 0.2) is 33.7 Å². The van der Waals surface area contributed by atoms with Crippen LogP contribution in [0.5, 0.6) is 11.5 Å². The summed E-state index contributed by atoms with van der Waals surface area (Å²) in [5, 5.41) is 0. The Morgan fingerprint density at radius 1 is 1.38 bits per heavy atom. The summed E-state index contributed by atoms with van der Waals surface area (Å²) in [5.41, 5.74) is 0.176. The van der Waals surface area contributed by atoms with E-state index in [2.05, 4.69) is 30.6 Å². The zero-order chi connectivity index (χ0) is 15.4. The van der Waals surface area contributed by atoms with Gasteiger partial charge in [-0.15, -0.1) is 0 Å². The van der Waals surface area contributed by atoms with Crippen LogP contribution in [0.25, 0.3) is 11.4 Å². The molecule has 0 unspecified atom stereocenters. The van der Waals surface area contributed by atoms with Crippen LogP contribution in [0.3, 0.4) is 0 Å². The van der Waals surface area contributed by atoms with Gasteiger partial charge in [0.15, 0.2) is 11.5 Å². The Bertz CT molecular complexity index is 691. The van der Waals surface area contributed by atoms with Gasteiger partial charge in [-0.25, -0.2) is 4.98 Å². The van der Waals surface area contributed by atoms with Crippen molar-refractivity contribution >= 4 is 15.9 Å². The second kappa shape index (κ2) is 6.66. The van der Waals surface area contributed by atoms with Gasteiger partial charge in [0.2, 0.25) is 0 Å². The quantitative estimate of drug-likeness (QED) is 0.889. The summed E-state index contributed by atoms with van der Waals surface area (Å²) in [7, 11) is 0. The van der Waals surface area contributed by atoms with Gasteiger partial charge in [0.05, 0.1) is 6.61 Å². The summed E-state index contributed by atoms with van der Waals surface area (Å²) in [6.07, 6.45) is 1.36. The first-order chi connectivity index (χ1) is 10.0. The average Bonchev–Trinajstić information content (AvgIpc) is 2.43. The Labute approximate surface area is 127 Å². The van der Waals surface area contributed by atoms with Crippen LogP contribution in [0.1, 0.15) is 6.92 Å². The van der Waals surface area contributed by atoms with Crippen LogP contribution in [-0.4, -0.2) is 23.2 Å². The van der Waals surface area contributed by atoms with Crippen molar-refractivity contribution in [3.05, 3.63) is 39.2 Å². The maximum absolute atomic E-state index is 12.3. The molecule has 8 heteroatoms. The molecule has 0 atom stereocenters. The molecule has 0 saturated carbocycles. The highest BCUT2D eigenvalue weighted by Gasteiger charge is 2.13. The second-order valence-corrected chi connectivity index (χ2v) is 4.74. The Kier molecular flexibility index (Phi) is 4.89. The number of ether oxygens (including phenoxy) is 2. The molecule has 0 aliphatic heterocycles. The molecule has 2 rings (SSSR count). The minimum Gasteiger partial charge on any atom is -0.490 e. The smallest absolute Gasteiger partial charge is 0.387 e. The Morgan fingerprint density at radius 3 is 2.76 bits per heavy atom. The lowest BCUT2D eigenvalue weighted by Crippen LogP contribution is -2.09. The van der Waals surface area contributed by atoms with Crippen LogP contribution >= 0.6 is 15.9 Å². The fraction of sp³-hybridized carbons (Fsp3) is 0.231. The predicted molar refractivity (Wildman–Crippen MR) is 75.8 cm³/mol. The molecule has 1 heterocycles. The molecule has 0 radical (unpaired) electrons. The number of aromatic amines is 1. The highest BCUT2D eigenvalue weighted by molar-refractivity contribution is 9.10. The minimum atomic E-state index is -2.94. The number of rotatable bonds is 5. The topological polar surface area (TPSA) is 64.2 Å². The molecule has 0 saturated heterocycles. The fourth-order valence-electron chi connectivity index (χ4n) is 1.64. The maximum Gasteiger partial charge on any atom is 0.387 e. The summed E-state index contributed by atoms with van der Waals surface area (Å²) in [6.45, 7) is -0.938. The fourth-order valence-corrected chi connectivity index (χ4v) is 1.84. The first-order valence-electron chi connectivity index (χ1n) is 5.98. The largest absolute Gasteiger partial charge is 0.490 e. The Morgan fingerprint density at radius 2 is 2.14 bits per heavy atom. The van der Waals surface area contributed by atoms with E-state index < -0.39 is 6.61 Å². The molecule has 21 heavy (non-hydrogen) atoms. The minimum absolute atomic E-state index is 0.0740. The lowest BCUT2D eigenvalue weighted by molar-refractivity contribution is -0.0514. The van der Waals surface area contributed by atoms with E-state index in [0.29, 0.717) is 15.9 Å². The van der Waals surface area contributed by atoms with Crippen molar-refractivity contribution in [1.82, 2.24) is 9.97 Å². The molecule has 0 bridgehead atoms. The highest BCUT2D eigenvalue weighted by atomic mass is 79.9. The van der Waals surface area contributed by atoms with Crippen LogP contribution in [0.4, 0.5) is 8.78 Å². The van der Waals surface area contributed by atoms with Crippen LogP contribution < -0.4 is 15.0 Å². The van der Waals surface area contributed by atoms with Gasteiger partial charge in [0, 0.05) is 11.8 Å². The number of H-pyrrole nitrogens is 1. The van der Waals surface area contributed by atoms with Crippen LogP contribution in [-0.2, 0) is 0 Å². The van der Waals surface area contributed by atoms with Gasteiger partial charge in [-0.05, 0) is 41.1 Å². The first kappa shape index (κ1) is 15.4. The van der Waals surface area contributed by atoms with Gasteiger partial charge < -0.3 is 14.5 Å². The first-order valence-corrected chi connectivity index (χ1v) is 6.77. The van der Waals surface area contributed by atoms with Crippen LogP contribution in [0, 0.1) is 0 Å². The van der Waals surface area contributed by atoms with Crippen molar-refractivity contribution in [1.29, 1.82) is 0 Å². The molecule has 1 aromatic heterocycles. The SMILES string of the molecule is CCOc1cc(-c2ncc(Br)c(=O)[nH]2)ccc1OC(F)F.